The second kappa shape index (κ2) is 5.55. The molecule has 3 nitrogen and oxygen atoms in total. The first kappa shape index (κ1) is 15.0. The van der Waals surface area contributed by atoms with Gasteiger partial charge in [-0.15, -0.1) is 0 Å². The number of nitrogens with one attached hydrogen (secondary N) is 1. The van der Waals surface area contributed by atoms with E-state index in [9.17, 15) is 21.6 Å². The summed E-state index contributed by atoms with van der Waals surface area (Å²) in [6, 6.07) is 5.15. The van der Waals surface area contributed by atoms with Gasteiger partial charge in [-0.1, -0.05) is 0 Å². The third-order valence-corrected chi connectivity index (χ3v) is 4.69. The van der Waals surface area contributed by atoms with Crippen LogP contribution in [0.25, 0.3) is 0 Å². The van der Waals surface area contributed by atoms with Gasteiger partial charge in [0.05, 0.1) is 10.5 Å². The Morgan fingerprint density at radius 3 is 2.25 bits per heavy atom. The molecule has 0 amide bonds. The van der Waals surface area contributed by atoms with Crippen molar-refractivity contribution in [2.45, 2.75) is 17.6 Å². The second-order valence-electron chi connectivity index (χ2n) is 3.98. The SMILES string of the molecule is O=S(=O)(NCc1ccsc1)c1ccc(C(F)(F)F)cc1. The van der Waals surface area contributed by atoms with Gasteiger partial charge in [0, 0.05) is 6.54 Å². The van der Waals surface area contributed by atoms with Crippen LogP contribution < -0.4 is 4.72 Å². The van der Waals surface area contributed by atoms with Crippen LogP contribution >= 0.6 is 11.3 Å². The predicted octanol–water partition coefficient (Wildman–Crippen LogP) is 3.25. The fraction of sp³-hybridized carbons (Fsp3) is 0.167. The molecule has 0 spiro atoms. The van der Waals surface area contributed by atoms with Crippen molar-refractivity contribution < 1.29 is 21.6 Å². The molecule has 20 heavy (non-hydrogen) atoms. The molecule has 0 fully saturated rings. The van der Waals surface area contributed by atoms with E-state index in [1.54, 1.807) is 11.4 Å². The summed E-state index contributed by atoms with van der Waals surface area (Å²) < 4.78 is 63.3. The van der Waals surface area contributed by atoms with Crippen LogP contribution in [0.2, 0.25) is 0 Å². The van der Waals surface area contributed by atoms with E-state index < -0.39 is 21.8 Å². The normalized spacial score (nSPS) is 12.6. The minimum absolute atomic E-state index is 0.104. The van der Waals surface area contributed by atoms with Gasteiger partial charge >= 0.3 is 6.18 Å². The summed E-state index contributed by atoms with van der Waals surface area (Å²) in [5.41, 5.74) is -0.0835. The lowest BCUT2D eigenvalue weighted by atomic mass is 10.2. The molecule has 0 bridgehead atoms. The van der Waals surface area contributed by atoms with E-state index in [1.807, 2.05) is 5.38 Å². The summed E-state index contributed by atoms with van der Waals surface area (Å²) >= 11 is 1.43. The van der Waals surface area contributed by atoms with Gasteiger partial charge < -0.3 is 0 Å². The molecule has 8 heteroatoms. The highest BCUT2D eigenvalue weighted by molar-refractivity contribution is 7.89. The van der Waals surface area contributed by atoms with Crippen LogP contribution in [0.5, 0.6) is 0 Å². The van der Waals surface area contributed by atoms with E-state index in [-0.39, 0.29) is 11.4 Å². The number of hydrogen-bond acceptors (Lipinski definition) is 3. The Balaban J connectivity index is 2.13. The lowest BCUT2D eigenvalue weighted by Crippen LogP contribution is -2.23. The lowest BCUT2D eigenvalue weighted by molar-refractivity contribution is -0.137. The summed E-state index contributed by atoms with van der Waals surface area (Å²) in [6.07, 6.45) is -4.48. The Morgan fingerprint density at radius 2 is 1.75 bits per heavy atom. The fourth-order valence-corrected chi connectivity index (χ4v) is 3.16. The summed E-state index contributed by atoms with van der Waals surface area (Å²) in [6.45, 7) is 0.104. The van der Waals surface area contributed by atoms with Crippen molar-refractivity contribution in [3.05, 3.63) is 52.2 Å². The monoisotopic (exact) mass is 321 g/mol. The fourth-order valence-electron chi connectivity index (χ4n) is 1.48. The van der Waals surface area contributed by atoms with Crippen LogP contribution in [0.15, 0.2) is 46.0 Å². The molecule has 0 radical (unpaired) electrons. The molecule has 108 valence electrons. The Labute approximate surface area is 118 Å². The highest BCUT2D eigenvalue weighted by Crippen LogP contribution is 2.29. The standard InChI is InChI=1S/C12H10F3NO2S2/c13-12(14,15)10-1-3-11(4-2-10)20(17,18)16-7-9-5-6-19-8-9/h1-6,8,16H,7H2. The number of hydrogen-bond donors (Lipinski definition) is 1. The van der Waals surface area contributed by atoms with E-state index in [0.29, 0.717) is 0 Å². The van der Waals surface area contributed by atoms with Crippen molar-refractivity contribution in [3.63, 3.8) is 0 Å². The molecule has 0 saturated heterocycles. The first-order valence-corrected chi connectivity index (χ1v) is 7.90. The molecular weight excluding hydrogens is 311 g/mol. The van der Waals surface area contributed by atoms with E-state index >= 15 is 0 Å². The van der Waals surface area contributed by atoms with Crippen molar-refractivity contribution in [3.8, 4) is 0 Å². The molecule has 1 heterocycles. The molecule has 1 aromatic carbocycles. The van der Waals surface area contributed by atoms with Crippen molar-refractivity contribution in [1.82, 2.24) is 4.72 Å². The minimum atomic E-state index is -4.48. The minimum Gasteiger partial charge on any atom is -0.207 e. The maximum Gasteiger partial charge on any atom is 0.416 e. The molecule has 1 aromatic heterocycles. The van der Waals surface area contributed by atoms with Gasteiger partial charge in [0.25, 0.3) is 0 Å². The number of benzene rings is 1. The molecule has 0 saturated carbocycles. The molecule has 2 rings (SSSR count). The summed E-state index contributed by atoms with van der Waals surface area (Å²) in [5, 5.41) is 3.59. The summed E-state index contributed by atoms with van der Waals surface area (Å²) in [5.74, 6) is 0. The Morgan fingerprint density at radius 1 is 1.10 bits per heavy atom. The van der Waals surface area contributed by atoms with Crippen LogP contribution in [-0.4, -0.2) is 8.42 Å². The Bertz CT molecular complexity index is 662. The third kappa shape index (κ3) is 3.59. The number of alkyl halides is 3. The molecular formula is C12H10F3NO2S2. The smallest absolute Gasteiger partial charge is 0.207 e. The average Bonchev–Trinajstić information content (AvgIpc) is 2.89. The van der Waals surface area contributed by atoms with Crippen molar-refractivity contribution >= 4 is 21.4 Å². The van der Waals surface area contributed by atoms with Crippen molar-refractivity contribution in [2.75, 3.05) is 0 Å². The molecule has 2 aromatic rings. The lowest BCUT2D eigenvalue weighted by Gasteiger charge is -2.09. The maximum atomic E-state index is 12.4. The number of halogens is 3. The first-order chi connectivity index (χ1) is 9.29. The van der Waals surface area contributed by atoms with Crippen LogP contribution in [0.4, 0.5) is 13.2 Å². The van der Waals surface area contributed by atoms with Gasteiger partial charge in [-0.2, -0.15) is 24.5 Å². The molecule has 0 unspecified atom stereocenters. The highest BCUT2D eigenvalue weighted by Gasteiger charge is 2.30. The van der Waals surface area contributed by atoms with E-state index in [1.165, 1.54) is 11.3 Å². The number of rotatable bonds is 4. The van der Waals surface area contributed by atoms with Crippen LogP contribution in [0, 0.1) is 0 Å². The molecule has 0 aliphatic heterocycles. The summed E-state index contributed by atoms with van der Waals surface area (Å²) in [7, 11) is -3.81. The van der Waals surface area contributed by atoms with Gasteiger partial charge in [-0.25, -0.2) is 13.1 Å². The van der Waals surface area contributed by atoms with E-state index in [0.717, 1.165) is 29.8 Å². The van der Waals surface area contributed by atoms with Crippen molar-refractivity contribution in [2.24, 2.45) is 0 Å². The van der Waals surface area contributed by atoms with Gasteiger partial charge in [-0.3, -0.25) is 0 Å². The maximum absolute atomic E-state index is 12.4. The quantitative estimate of drug-likeness (QED) is 0.939. The molecule has 0 atom stereocenters. The van der Waals surface area contributed by atoms with Crippen LogP contribution in [0.1, 0.15) is 11.1 Å². The van der Waals surface area contributed by atoms with Crippen molar-refractivity contribution in [1.29, 1.82) is 0 Å². The molecule has 0 aliphatic carbocycles. The third-order valence-electron chi connectivity index (χ3n) is 2.54. The number of sulfonamides is 1. The zero-order valence-electron chi connectivity index (χ0n) is 10.0. The van der Waals surface area contributed by atoms with Gasteiger partial charge in [0.2, 0.25) is 10.0 Å². The van der Waals surface area contributed by atoms with Gasteiger partial charge in [0.15, 0.2) is 0 Å². The summed E-state index contributed by atoms with van der Waals surface area (Å²) in [4.78, 5) is -0.194. The Kier molecular flexibility index (Phi) is 4.17. The highest BCUT2D eigenvalue weighted by atomic mass is 32.2. The zero-order valence-corrected chi connectivity index (χ0v) is 11.6. The number of thiophene rings is 1. The first-order valence-electron chi connectivity index (χ1n) is 5.47. The predicted molar refractivity (Wildman–Crippen MR) is 69.8 cm³/mol. The van der Waals surface area contributed by atoms with Crippen LogP contribution in [0.3, 0.4) is 0 Å². The van der Waals surface area contributed by atoms with Crippen LogP contribution in [-0.2, 0) is 22.7 Å². The van der Waals surface area contributed by atoms with E-state index in [4.69, 9.17) is 0 Å². The van der Waals surface area contributed by atoms with Gasteiger partial charge in [0.1, 0.15) is 0 Å². The largest absolute Gasteiger partial charge is 0.416 e. The average molecular weight is 321 g/mol. The zero-order chi connectivity index (χ0) is 14.8. The van der Waals surface area contributed by atoms with Gasteiger partial charge in [-0.05, 0) is 46.7 Å². The molecule has 1 N–H and O–H groups in total. The molecule has 0 aliphatic rings. The topological polar surface area (TPSA) is 46.2 Å². The van der Waals surface area contributed by atoms with E-state index in [2.05, 4.69) is 4.72 Å². The second-order valence-corrected chi connectivity index (χ2v) is 6.53. The Hall–Kier alpha value is -1.38.